The highest BCUT2D eigenvalue weighted by Gasteiger charge is 1.99. The van der Waals surface area contributed by atoms with Crippen molar-refractivity contribution in [3.63, 3.8) is 0 Å². The fraction of sp³-hybridized carbons (Fsp3) is 0.625. The van der Waals surface area contributed by atoms with Crippen LogP contribution < -0.4 is 10.1 Å². The average molecular weight is 318 g/mol. The molecule has 0 aliphatic heterocycles. The van der Waals surface area contributed by atoms with E-state index in [-0.39, 0.29) is 0 Å². The Labute approximate surface area is 132 Å². The van der Waals surface area contributed by atoms with E-state index in [0.29, 0.717) is 16.7 Å². The van der Waals surface area contributed by atoms with E-state index in [1.165, 1.54) is 38.5 Å². The number of benzene rings is 1. The minimum Gasteiger partial charge on any atom is -0.492 e. The van der Waals surface area contributed by atoms with Gasteiger partial charge < -0.3 is 10.1 Å². The predicted octanol–water partition coefficient (Wildman–Crippen LogP) is 5.32. The Bertz CT molecular complexity index is 371. The van der Waals surface area contributed by atoms with Crippen LogP contribution in [-0.4, -0.2) is 19.7 Å². The molecule has 2 nitrogen and oxygen atoms in total. The van der Waals surface area contributed by atoms with Crippen LogP contribution in [0.15, 0.2) is 18.2 Å². The zero-order chi connectivity index (χ0) is 14.6. The van der Waals surface area contributed by atoms with Crippen molar-refractivity contribution in [1.29, 1.82) is 0 Å². The molecule has 20 heavy (non-hydrogen) atoms. The van der Waals surface area contributed by atoms with Gasteiger partial charge in [0.25, 0.3) is 0 Å². The zero-order valence-electron chi connectivity index (χ0n) is 12.3. The number of hydrogen-bond acceptors (Lipinski definition) is 2. The van der Waals surface area contributed by atoms with Crippen LogP contribution in [0.3, 0.4) is 0 Å². The van der Waals surface area contributed by atoms with E-state index in [4.69, 9.17) is 27.9 Å². The van der Waals surface area contributed by atoms with Gasteiger partial charge in [-0.05, 0) is 25.1 Å². The summed E-state index contributed by atoms with van der Waals surface area (Å²) >= 11 is 11.8. The van der Waals surface area contributed by atoms with Crippen molar-refractivity contribution in [3.8, 4) is 5.75 Å². The molecule has 0 fully saturated rings. The SMILES string of the molecule is CCCCCCCCNCCOc1ccc(Cl)c(Cl)c1. The van der Waals surface area contributed by atoms with Gasteiger partial charge in [0.15, 0.2) is 0 Å². The second kappa shape index (κ2) is 11.2. The highest BCUT2D eigenvalue weighted by Crippen LogP contribution is 2.26. The molecule has 0 unspecified atom stereocenters. The summed E-state index contributed by atoms with van der Waals surface area (Å²) in [4.78, 5) is 0. The van der Waals surface area contributed by atoms with Gasteiger partial charge in [0, 0.05) is 12.6 Å². The minimum atomic E-state index is 0.532. The number of rotatable bonds is 11. The average Bonchev–Trinajstić information content (AvgIpc) is 2.45. The summed E-state index contributed by atoms with van der Waals surface area (Å²) in [5.41, 5.74) is 0. The summed E-state index contributed by atoms with van der Waals surface area (Å²) in [6, 6.07) is 5.34. The monoisotopic (exact) mass is 317 g/mol. The van der Waals surface area contributed by atoms with Gasteiger partial charge in [-0.25, -0.2) is 0 Å². The summed E-state index contributed by atoms with van der Waals surface area (Å²) in [5.74, 6) is 0.765. The van der Waals surface area contributed by atoms with Crippen LogP contribution in [0.5, 0.6) is 5.75 Å². The first kappa shape index (κ1) is 17.6. The molecule has 1 rings (SSSR count). The molecular formula is C16H25Cl2NO. The Balaban J connectivity index is 1.95. The first-order valence-corrected chi connectivity index (χ1v) is 8.28. The first-order chi connectivity index (χ1) is 9.74. The van der Waals surface area contributed by atoms with Crippen LogP contribution in [0, 0.1) is 0 Å². The molecule has 0 aliphatic carbocycles. The van der Waals surface area contributed by atoms with Crippen molar-refractivity contribution >= 4 is 23.2 Å². The molecule has 1 aromatic carbocycles. The standard InChI is InChI=1S/C16H25Cl2NO/c1-2-3-4-5-6-7-10-19-11-12-20-14-8-9-15(17)16(18)13-14/h8-9,13,19H,2-7,10-12H2,1H3. The summed E-state index contributed by atoms with van der Waals surface area (Å²) < 4.78 is 5.60. The van der Waals surface area contributed by atoms with Crippen molar-refractivity contribution in [2.75, 3.05) is 19.7 Å². The van der Waals surface area contributed by atoms with Crippen molar-refractivity contribution in [2.45, 2.75) is 45.4 Å². The largest absolute Gasteiger partial charge is 0.492 e. The molecule has 0 bridgehead atoms. The molecular weight excluding hydrogens is 293 g/mol. The molecule has 0 radical (unpaired) electrons. The third-order valence-electron chi connectivity index (χ3n) is 3.15. The number of nitrogens with one attached hydrogen (secondary N) is 1. The zero-order valence-corrected chi connectivity index (χ0v) is 13.8. The maximum Gasteiger partial charge on any atom is 0.120 e. The Kier molecular flexibility index (Phi) is 9.90. The van der Waals surface area contributed by atoms with E-state index >= 15 is 0 Å². The number of ether oxygens (including phenoxy) is 1. The summed E-state index contributed by atoms with van der Waals surface area (Å²) in [5, 5.41) is 4.48. The van der Waals surface area contributed by atoms with Crippen molar-refractivity contribution < 1.29 is 4.74 Å². The van der Waals surface area contributed by atoms with Crippen LogP contribution >= 0.6 is 23.2 Å². The normalized spacial score (nSPS) is 10.8. The van der Waals surface area contributed by atoms with Gasteiger partial charge in [-0.1, -0.05) is 62.2 Å². The Morgan fingerprint density at radius 1 is 0.950 bits per heavy atom. The fourth-order valence-corrected chi connectivity index (χ4v) is 2.25. The van der Waals surface area contributed by atoms with Crippen molar-refractivity contribution in [1.82, 2.24) is 5.32 Å². The Hall–Kier alpha value is -0.440. The molecule has 0 heterocycles. The van der Waals surface area contributed by atoms with E-state index in [2.05, 4.69) is 12.2 Å². The van der Waals surface area contributed by atoms with Gasteiger partial charge in [-0.2, -0.15) is 0 Å². The van der Waals surface area contributed by atoms with Gasteiger partial charge in [-0.15, -0.1) is 0 Å². The van der Waals surface area contributed by atoms with E-state index in [1.807, 2.05) is 6.07 Å². The quantitative estimate of drug-likeness (QED) is 0.557. The summed E-state index contributed by atoms with van der Waals surface area (Å²) in [7, 11) is 0. The maximum atomic E-state index is 5.92. The van der Waals surface area contributed by atoms with Crippen LogP contribution in [0.4, 0.5) is 0 Å². The number of unbranched alkanes of at least 4 members (excludes halogenated alkanes) is 5. The lowest BCUT2D eigenvalue weighted by Gasteiger charge is -2.08. The molecule has 0 saturated heterocycles. The third kappa shape index (κ3) is 7.98. The molecule has 114 valence electrons. The molecule has 0 aromatic heterocycles. The summed E-state index contributed by atoms with van der Waals surface area (Å²) in [6.07, 6.45) is 7.97. The van der Waals surface area contributed by atoms with Crippen LogP contribution in [0.1, 0.15) is 45.4 Å². The molecule has 1 N–H and O–H groups in total. The smallest absolute Gasteiger partial charge is 0.120 e. The highest BCUT2D eigenvalue weighted by atomic mass is 35.5. The Morgan fingerprint density at radius 3 is 2.45 bits per heavy atom. The fourth-order valence-electron chi connectivity index (χ4n) is 1.96. The van der Waals surface area contributed by atoms with E-state index in [9.17, 15) is 0 Å². The third-order valence-corrected chi connectivity index (χ3v) is 3.88. The molecule has 0 spiro atoms. The van der Waals surface area contributed by atoms with Gasteiger partial charge in [-0.3, -0.25) is 0 Å². The molecule has 0 atom stereocenters. The van der Waals surface area contributed by atoms with Gasteiger partial charge in [0.2, 0.25) is 0 Å². The first-order valence-electron chi connectivity index (χ1n) is 7.52. The van der Waals surface area contributed by atoms with Gasteiger partial charge >= 0.3 is 0 Å². The minimum absolute atomic E-state index is 0.532. The molecule has 1 aromatic rings. The van der Waals surface area contributed by atoms with E-state index < -0.39 is 0 Å². The van der Waals surface area contributed by atoms with Gasteiger partial charge in [0.1, 0.15) is 12.4 Å². The Morgan fingerprint density at radius 2 is 1.70 bits per heavy atom. The van der Waals surface area contributed by atoms with Crippen LogP contribution in [-0.2, 0) is 0 Å². The van der Waals surface area contributed by atoms with Crippen LogP contribution in [0.2, 0.25) is 10.0 Å². The second-order valence-electron chi connectivity index (χ2n) is 4.94. The second-order valence-corrected chi connectivity index (χ2v) is 5.76. The number of hydrogen-bond donors (Lipinski definition) is 1. The molecule has 0 saturated carbocycles. The predicted molar refractivity (Wildman–Crippen MR) is 88.2 cm³/mol. The van der Waals surface area contributed by atoms with Crippen molar-refractivity contribution in [3.05, 3.63) is 28.2 Å². The maximum absolute atomic E-state index is 5.92. The molecule has 4 heteroatoms. The van der Waals surface area contributed by atoms with E-state index in [0.717, 1.165) is 18.8 Å². The molecule has 0 amide bonds. The molecule has 0 aliphatic rings. The summed E-state index contributed by atoms with van der Waals surface area (Å²) in [6.45, 7) is 4.81. The highest BCUT2D eigenvalue weighted by molar-refractivity contribution is 6.42. The number of halogens is 2. The lowest BCUT2D eigenvalue weighted by atomic mass is 10.1. The van der Waals surface area contributed by atoms with Gasteiger partial charge in [0.05, 0.1) is 10.0 Å². The van der Waals surface area contributed by atoms with Crippen molar-refractivity contribution in [2.24, 2.45) is 0 Å². The van der Waals surface area contributed by atoms with Crippen LogP contribution in [0.25, 0.3) is 0 Å². The lowest BCUT2D eigenvalue weighted by molar-refractivity contribution is 0.313. The topological polar surface area (TPSA) is 21.3 Å². The van der Waals surface area contributed by atoms with E-state index in [1.54, 1.807) is 12.1 Å². The lowest BCUT2D eigenvalue weighted by Crippen LogP contribution is -2.22.